The number of unbranched alkanes of at least 4 members (excludes halogenated alkanes) is 4. The molecule has 178 valence electrons. The van der Waals surface area contributed by atoms with Crippen LogP contribution in [0.15, 0.2) is 72.8 Å². The lowest BCUT2D eigenvalue weighted by Crippen LogP contribution is -2.25. The number of methoxy groups -OCH3 is 2. The molecular weight excluding hydrogens is 418 g/mol. The molecule has 0 fully saturated rings. The summed E-state index contributed by atoms with van der Waals surface area (Å²) < 4.78 is 11.7. The van der Waals surface area contributed by atoms with E-state index in [0.29, 0.717) is 0 Å². The topological polar surface area (TPSA) is 21.7 Å². The predicted molar refractivity (Wildman–Crippen MR) is 144 cm³/mol. The summed E-state index contributed by atoms with van der Waals surface area (Å²) in [4.78, 5) is 2.57. The monoisotopic (exact) mass is 455 g/mol. The average Bonchev–Trinajstić information content (AvgIpc) is 2.88. The van der Waals surface area contributed by atoms with E-state index in [1.807, 2.05) is 0 Å². The molecule has 0 aliphatic heterocycles. The van der Waals surface area contributed by atoms with Gasteiger partial charge in [0.2, 0.25) is 0 Å². The second-order valence-electron chi connectivity index (χ2n) is 9.06. The molecule has 4 rings (SSSR count). The summed E-state index contributed by atoms with van der Waals surface area (Å²) in [6.07, 6.45) is 6.35. The van der Waals surface area contributed by atoms with Gasteiger partial charge in [0, 0.05) is 24.2 Å². The molecule has 0 N–H and O–H groups in total. The van der Waals surface area contributed by atoms with Crippen LogP contribution >= 0.6 is 0 Å². The molecule has 0 unspecified atom stereocenters. The maximum Gasteiger partial charge on any atom is 0.123 e. The Morgan fingerprint density at radius 1 is 0.588 bits per heavy atom. The summed E-state index contributed by atoms with van der Waals surface area (Å²) in [5.41, 5.74) is 2.52. The molecule has 4 aromatic carbocycles. The van der Waals surface area contributed by atoms with Crippen LogP contribution in [-0.2, 0) is 13.1 Å². The lowest BCUT2D eigenvalue weighted by Gasteiger charge is -2.26. The van der Waals surface area contributed by atoms with E-state index in [9.17, 15) is 0 Å². The fraction of sp³-hybridized carbons (Fsp3) is 0.355. The van der Waals surface area contributed by atoms with E-state index in [2.05, 4.69) is 84.6 Å². The maximum absolute atomic E-state index is 5.83. The van der Waals surface area contributed by atoms with Gasteiger partial charge in [-0.1, -0.05) is 93.3 Å². The molecule has 3 nitrogen and oxygen atoms in total. The van der Waals surface area contributed by atoms with Crippen molar-refractivity contribution in [3.05, 3.63) is 83.9 Å². The normalized spacial score (nSPS) is 11.4. The number of rotatable bonds is 12. The molecule has 0 aromatic heterocycles. The second kappa shape index (κ2) is 11.9. The SMILES string of the molecule is CCCCCCCN(Cc1c(OC)ccc2ccccc12)Cc1c(OC)ccc2ccccc12. The number of hydrogen-bond acceptors (Lipinski definition) is 3. The summed E-state index contributed by atoms with van der Waals surface area (Å²) in [5, 5.41) is 5.04. The molecule has 0 aliphatic rings. The first-order valence-corrected chi connectivity index (χ1v) is 12.6. The van der Waals surface area contributed by atoms with Crippen molar-refractivity contribution in [3.8, 4) is 11.5 Å². The molecule has 4 aromatic rings. The minimum atomic E-state index is 0.838. The molecule has 0 saturated carbocycles. The molecule has 0 saturated heterocycles. The van der Waals surface area contributed by atoms with Gasteiger partial charge in [0.05, 0.1) is 14.2 Å². The van der Waals surface area contributed by atoms with Crippen LogP contribution in [0.25, 0.3) is 21.5 Å². The van der Waals surface area contributed by atoms with Crippen molar-refractivity contribution in [3.63, 3.8) is 0 Å². The highest BCUT2D eigenvalue weighted by Crippen LogP contribution is 2.33. The fourth-order valence-corrected chi connectivity index (χ4v) is 4.94. The van der Waals surface area contributed by atoms with Crippen LogP contribution in [0.1, 0.15) is 50.2 Å². The first kappa shape index (κ1) is 24.1. The first-order valence-electron chi connectivity index (χ1n) is 12.6. The molecule has 0 bridgehead atoms. The maximum atomic E-state index is 5.83. The molecule has 3 heteroatoms. The quantitative estimate of drug-likeness (QED) is 0.202. The van der Waals surface area contributed by atoms with Crippen molar-refractivity contribution < 1.29 is 9.47 Å². The van der Waals surface area contributed by atoms with Crippen molar-refractivity contribution in [2.75, 3.05) is 20.8 Å². The van der Waals surface area contributed by atoms with Crippen molar-refractivity contribution in [2.45, 2.75) is 52.1 Å². The minimum absolute atomic E-state index is 0.838. The van der Waals surface area contributed by atoms with E-state index >= 15 is 0 Å². The van der Waals surface area contributed by atoms with Gasteiger partial charge in [0.25, 0.3) is 0 Å². The third-order valence-corrected chi connectivity index (χ3v) is 6.78. The summed E-state index contributed by atoms with van der Waals surface area (Å²) in [6, 6.07) is 25.8. The highest BCUT2D eigenvalue weighted by atomic mass is 16.5. The average molecular weight is 456 g/mol. The Morgan fingerprint density at radius 2 is 1.09 bits per heavy atom. The smallest absolute Gasteiger partial charge is 0.123 e. The van der Waals surface area contributed by atoms with Crippen LogP contribution in [0.2, 0.25) is 0 Å². The number of fused-ring (bicyclic) bond motifs is 2. The first-order chi connectivity index (χ1) is 16.7. The standard InChI is InChI=1S/C31H37NO2/c1-4-5-6-7-12-21-32(22-28-26-15-10-8-13-24(26)17-19-30(28)33-2)23-29-27-16-11-9-14-25(27)18-20-31(29)34-3/h8-11,13-20H,4-7,12,21-23H2,1-3H3. The van der Waals surface area contributed by atoms with Gasteiger partial charge in [0.1, 0.15) is 11.5 Å². The molecule has 0 aliphatic carbocycles. The van der Waals surface area contributed by atoms with Crippen LogP contribution < -0.4 is 9.47 Å². The van der Waals surface area contributed by atoms with Crippen molar-refractivity contribution >= 4 is 21.5 Å². The number of benzene rings is 4. The Kier molecular flexibility index (Phi) is 8.43. The van der Waals surface area contributed by atoms with E-state index in [1.165, 1.54) is 64.8 Å². The largest absolute Gasteiger partial charge is 0.496 e. The van der Waals surface area contributed by atoms with Crippen molar-refractivity contribution in [2.24, 2.45) is 0 Å². The summed E-state index contributed by atoms with van der Waals surface area (Å²) in [5.74, 6) is 1.92. The van der Waals surface area contributed by atoms with Gasteiger partial charge in [-0.25, -0.2) is 0 Å². The predicted octanol–water partition coefficient (Wildman–Crippen LogP) is 7.98. The van der Waals surface area contributed by atoms with Gasteiger partial charge in [-0.2, -0.15) is 0 Å². The van der Waals surface area contributed by atoms with Crippen LogP contribution in [0.3, 0.4) is 0 Å². The second-order valence-corrected chi connectivity index (χ2v) is 9.06. The van der Waals surface area contributed by atoms with Crippen LogP contribution in [0.5, 0.6) is 11.5 Å². The van der Waals surface area contributed by atoms with Gasteiger partial charge in [-0.15, -0.1) is 0 Å². The van der Waals surface area contributed by atoms with E-state index in [1.54, 1.807) is 14.2 Å². The van der Waals surface area contributed by atoms with E-state index in [4.69, 9.17) is 9.47 Å². The third kappa shape index (κ3) is 5.53. The van der Waals surface area contributed by atoms with E-state index < -0.39 is 0 Å². The van der Waals surface area contributed by atoms with Gasteiger partial charge >= 0.3 is 0 Å². The van der Waals surface area contributed by atoms with E-state index in [0.717, 1.165) is 31.1 Å². The Labute approximate surface area is 204 Å². The van der Waals surface area contributed by atoms with Gasteiger partial charge in [0.15, 0.2) is 0 Å². The number of nitrogens with zero attached hydrogens (tertiary/aromatic N) is 1. The summed E-state index contributed by atoms with van der Waals surface area (Å²) >= 11 is 0. The zero-order valence-corrected chi connectivity index (χ0v) is 20.8. The summed E-state index contributed by atoms with van der Waals surface area (Å²) in [7, 11) is 3.55. The molecule has 0 amide bonds. The highest BCUT2D eigenvalue weighted by molar-refractivity contribution is 5.88. The van der Waals surface area contributed by atoms with Crippen LogP contribution in [0, 0.1) is 0 Å². The molecule has 0 atom stereocenters. The van der Waals surface area contributed by atoms with Crippen LogP contribution in [-0.4, -0.2) is 25.7 Å². The highest BCUT2D eigenvalue weighted by Gasteiger charge is 2.17. The molecule has 0 spiro atoms. The van der Waals surface area contributed by atoms with Crippen molar-refractivity contribution in [1.29, 1.82) is 0 Å². The summed E-state index contributed by atoms with van der Waals surface area (Å²) in [6.45, 7) is 4.99. The number of hydrogen-bond donors (Lipinski definition) is 0. The zero-order chi connectivity index (χ0) is 23.8. The Morgan fingerprint density at radius 3 is 1.59 bits per heavy atom. The fourth-order valence-electron chi connectivity index (χ4n) is 4.94. The molecule has 0 radical (unpaired) electrons. The third-order valence-electron chi connectivity index (χ3n) is 6.78. The zero-order valence-electron chi connectivity index (χ0n) is 20.8. The van der Waals surface area contributed by atoms with Gasteiger partial charge < -0.3 is 9.47 Å². The molecule has 0 heterocycles. The number of ether oxygens (including phenoxy) is 2. The lowest BCUT2D eigenvalue weighted by molar-refractivity contribution is 0.244. The molecular formula is C31H37NO2. The van der Waals surface area contributed by atoms with Gasteiger partial charge in [-0.3, -0.25) is 4.90 Å². The Balaban J connectivity index is 1.69. The van der Waals surface area contributed by atoms with E-state index in [-0.39, 0.29) is 0 Å². The Hall–Kier alpha value is -3.04. The lowest BCUT2D eigenvalue weighted by atomic mass is 10.0. The van der Waals surface area contributed by atoms with Crippen molar-refractivity contribution in [1.82, 2.24) is 4.90 Å². The Bertz CT molecular complexity index is 1130. The molecule has 34 heavy (non-hydrogen) atoms. The minimum Gasteiger partial charge on any atom is -0.496 e. The van der Waals surface area contributed by atoms with Crippen LogP contribution in [0.4, 0.5) is 0 Å². The van der Waals surface area contributed by atoms with Gasteiger partial charge in [-0.05, 0) is 46.6 Å².